The summed E-state index contributed by atoms with van der Waals surface area (Å²) >= 11 is 3.38. The smallest absolute Gasteiger partial charge is 0.0681 e. The van der Waals surface area contributed by atoms with Crippen LogP contribution in [0.5, 0.6) is 0 Å². The Labute approximate surface area is 124 Å². The van der Waals surface area contributed by atoms with E-state index in [1.807, 2.05) is 31.2 Å². The minimum Gasteiger partial charge on any atom is -0.392 e. The zero-order valence-electron chi connectivity index (χ0n) is 11.3. The van der Waals surface area contributed by atoms with E-state index >= 15 is 0 Å². The second-order valence-corrected chi connectivity index (χ2v) is 4.82. The molecule has 2 rings (SSSR count). The summed E-state index contributed by atoms with van der Waals surface area (Å²) < 4.78 is 0. The number of aliphatic hydroxyl groups is 1. The predicted octanol–water partition coefficient (Wildman–Crippen LogP) is 4.78. The third-order valence-corrected chi connectivity index (χ3v) is 3.23. The van der Waals surface area contributed by atoms with Crippen LogP contribution in [0.25, 0.3) is 0 Å². The molecule has 0 bridgehead atoms. The molecular formula is C16H22BrFO. The van der Waals surface area contributed by atoms with Gasteiger partial charge in [0.15, 0.2) is 0 Å². The highest BCUT2D eigenvalue weighted by molar-refractivity contribution is 9.08. The molecule has 2 aromatic rings. The van der Waals surface area contributed by atoms with Crippen LogP contribution in [0, 0.1) is 13.8 Å². The highest BCUT2D eigenvalue weighted by Crippen LogP contribution is 2.06. The zero-order chi connectivity index (χ0) is 13.4. The maximum absolute atomic E-state index is 8.63. The average molecular weight is 331 g/mol. The first kappa shape index (κ1) is 17.8. The standard InChI is InChI=1S/C8H9Br.C8H10O.FH.H2/c2*1-7-2-4-8(6-9)5-3-7;;/h2-5H,6H2,1H3;2-5,9H,6H2,1H3;2*1H/i;;;1+2. The van der Waals surface area contributed by atoms with E-state index in [1.165, 1.54) is 16.7 Å². The van der Waals surface area contributed by atoms with Crippen LogP contribution in [-0.4, -0.2) is 5.11 Å². The van der Waals surface area contributed by atoms with Crippen molar-refractivity contribution in [3.8, 4) is 0 Å². The minimum atomic E-state index is 0. The van der Waals surface area contributed by atoms with E-state index in [1.54, 1.807) is 0 Å². The molecule has 0 fully saturated rings. The quantitative estimate of drug-likeness (QED) is 0.786. The molecule has 0 amide bonds. The van der Waals surface area contributed by atoms with Gasteiger partial charge in [0.1, 0.15) is 0 Å². The van der Waals surface area contributed by atoms with Gasteiger partial charge in [0, 0.05) is 6.76 Å². The number of benzene rings is 2. The van der Waals surface area contributed by atoms with E-state index < -0.39 is 0 Å². The number of alkyl halides is 1. The van der Waals surface area contributed by atoms with Crippen LogP contribution < -0.4 is 0 Å². The number of rotatable bonds is 2. The van der Waals surface area contributed by atoms with E-state index in [9.17, 15) is 0 Å². The molecule has 0 spiro atoms. The fourth-order valence-electron chi connectivity index (χ4n) is 1.37. The van der Waals surface area contributed by atoms with E-state index in [0.717, 1.165) is 10.9 Å². The third-order valence-electron chi connectivity index (χ3n) is 2.58. The Morgan fingerprint density at radius 1 is 0.842 bits per heavy atom. The largest absolute Gasteiger partial charge is 0.392 e. The van der Waals surface area contributed by atoms with Gasteiger partial charge in [-0.1, -0.05) is 75.6 Å². The molecule has 0 saturated carbocycles. The van der Waals surface area contributed by atoms with Gasteiger partial charge < -0.3 is 5.11 Å². The first-order valence-corrected chi connectivity index (χ1v) is 7.05. The molecule has 0 atom stereocenters. The second kappa shape index (κ2) is 9.70. The SMILES string of the molecule is Cc1ccc(CBr)cc1.Cc1ccc(CO)cc1.F.[3HH]. The Morgan fingerprint density at radius 2 is 1.21 bits per heavy atom. The normalized spacial score (nSPS) is 9.05. The van der Waals surface area contributed by atoms with Gasteiger partial charge in [-0.2, -0.15) is 0 Å². The molecule has 0 aliphatic carbocycles. The molecule has 1 nitrogen and oxygen atoms in total. The summed E-state index contributed by atoms with van der Waals surface area (Å²) in [5.41, 5.74) is 4.85. The molecule has 0 saturated heterocycles. The third kappa shape index (κ3) is 7.09. The van der Waals surface area contributed by atoms with Crippen LogP contribution in [0.15, 0.2) is 48.5 Å². The molecule has 0 unspecified atom stereocenters. The molecule has 0 radical (unpaired) electrons. The van der Waals surface area contributed by atoms with Crippen molar-refractivity contribution in [2.24, 2.45) is 0 Å². The monoisotopic (exact) mass is 330 g/mol. The Bertz CT molecular complexity index is 411. The number of aliphatic hydroxyl groups excluding tert-OH is 1. The molecule has 2 aromatic carbocycles. The van der Waals surface area contributed by atoms with E-state index in [2.05, 4.69) is 47.1 Å². The highest BCUT2D eigenvalue weighted by atomic mass is 79.9. The Morgan fingerprint density at radius 3 is 1.53 bits per heavy atom. The Balaban J connectivity index is 0. The summed E-state index contributed by atoms with van der Waals surface area (Å²) in [6.07, 6.45) is 0. The fourth-order valence-corrected chi connectivity index (χ4v) is 1.74. The van der Waals surface area contributed by atoms with Gasteiger partial charge in [-0.15, -0.1) is 0 Å². The molecule has 19 heavy (non-hydrogen) atoms. The minimum absolute atomic E-state index is 0. The fraction of sp³-hybridized carbons (Fsp3) is 0.250. The van der Waals surface area contributed by atoms with Crippen LogP contribution in [0.3, 0.4) is 0 Å². The van der Waals surface area contributed by atoms with Crippen LogP contribution in [0.4, 0.5) is 4.70 Å². The van der Waals surface area contributed by atoms with Crippen LogP contribution in [0.1, 0.15) is 23.7 Å². The Kier molecular flexibility index (Phi) is 9.09. The van der Waals surface area contributed by atoms with Crippen molar-refractivity contribution in [3.05, 3.63) is 70.8 Å². The van der Waals surface area contributed by atoms with Crippen LogP contribution in [-0.2, 0) is 11.9 Å². The first-order valence-electron chi connectivity index (χ1n) is 5.93. The summed E-state index contributed by atoms with van der Waals surface area (Å²) in [7, 11) is 0. The Hall–Kier alpha value is -1.19. The molecule has 106 valence electrons. The molecule has 1 N–H and O–H groups in total. The summed E-state index contributed by atoms with van der Waals surface area (Å²) in [6.45, 7) is 4.26. The summed E-state index contributed by atoms with van der Waals surface area (Å²) in [6, 6.07) is 16.3. The van der Waals surface area contributed by atoms with E-state index in [4.69, 9.17) is 5.11 Å². The maximum Gasteiger partial charge on any atom is 0.0681 e. The summed E-state index contributed by atoms with van der Waals surface area (Å²) in [5.74, 6) is 0. The van der Waals surface area contributed by atoms with Gasteiger partial charge in [0.2, 0.25) is 0 Å². The molecule has 0 aliphatic heterocycles. The van der Waals surface area contributed by atoms with Gasteiger partial charge >= 0.3 is 0 Å². The van der Waals surface area contributed by atoms with Crippen molar-refractivity contribution in [1.29, 1.82) is 0 Å². The molecular weight excluding hydrogens is 307 g/mol. The van der Waals surface area contributed by atoms with Gasteiger partial charge in [0.25, 0.3) is 0 Å². The maximum atomic E-state index is 8.63. The lowest BCUT2D eigenvalue weighted by atomic mass is 10.2. The lowest BCUT2D eigenvalue weighted by molar-refractivity contribution is 0.282. The van der Waals surface area contributed by atoms with E-state index in [0.29, 0.717) is 0 Å². The van der Waals surface area contributed by atoms with Crippen molar-refractivity contribution >= 4 is 15.9 Å². The number of aryl methyl sites for hydroxylation is 2. The van der Waals surface area contributed by atoms with Crippen LogP contribution >= 0.6 is 15.9 Å². The van der Waals surface area contributed by atoms with Gasteiger partial charge in [-0.3, -0.25) is 4.70 Å². The second-order valence-electron chi connectivity index (χ2n) is 4.26. The van der Waals surface area contributed by atoms with Crippen molar-refractivity contribution in [2.45, 2.75) is 25.8 Å². The first-order chi connectivity index (χ1) is 8.65. The van der Waals surface area contributed by atoms with Crippen LogP contribution in [0.2, 0.25) is 0 Å². The average Bonchev–Trinajstić information content (AvgIpc) is 2.41. The lowest BCUT2D eigenvalue weighted by Gasteiger charge is -1.93. The number of hydrogen-bond donors (Lipinski definition) is 1. The van der Waals surface area contributed by atoms with Gasteiger partial charge in [-0.05, 0) is 25.0 Å². The predicted molar refractivity (Wildman–Crippen MR) is 85.5 cm³/mol. The topological polar surface area (TPSA) is 20.2 Å². The van der Waals surface area contributed by atoms with E-state index in [-0.39, 0.29) is 12.7 Å². The van der Waals surface area contributed by atoms with Gasteiger partial charge in [-0.25, -0.2) is 0 Å². The number of hydrogen-bond acceptors (Lipinski definition) is 1. The van der Waals surface area contributed by atoms with Crippen molar-refractivity contribution < 1.29 is 11.2 Å². The highest BCUT2D eigenvalue weighted by Gasteiger charge is 1.86. The molecule has 3 heteroatoms. The molecule has 0 aromatic heterocycles. The van der Waals surface area contributed by atoms with Crippen molar-refractivity contribution in [3.63, 3.8) is 0 Å². The summed E-state index contributed by atoms with van der Waals surface area (Å²) in [5, 5.41) is 9.58. The zero-order valence-corrected chi connectivity index (χ0v) is 12.9. The number of halogens is 2. The van der Waals surface area contributed by atoms with Gasteiger partial charge in [0.05, 0.1) is 6.61 Å². The van der Waals surface area contributed by atoms with Crippen molar-refractivity contribution in [1.82, 2.24) is 0 Å². The molecule has 0 heterocycles. The lowest BCUT2D eigenvalue weighted by Crippen LogP contribution is -1.80. The molecule has 0 aliphatic rings. The summed E-state index contributed by atoms with van der Waals surface area (Å²) in [4.78, 5) is 0. The van der Waals surface area contributed by atoms with Crippen molar-refractivity contribution in [2.75, 3.05) is 0 Å².